The zero-order valence-corrected chi connectivity index (χ0v) is 11.2. The van der Waals surface area contributed by atoms with Crippen molar-refractivity contribution in [3.05, 3.63) is 57.8 Å². The van der Waals surface area contributed by atoms with Crippen LogP contribution in [0.15, 0.2) is 41.1 Å². The third kappa shape index (κ3) is 2.23. The highest BCUT2D eigenvalue weighted by atomic mass is 32.1. The van der Waals surface area contributed by atoms with Crippen molar-refractivity contribution in [2.75, 3.05) is 0 Å². The quantitative estimate of drug-likeness (QED) is 0.885. The van der Waals surface area contributed by atoms with Gasteiger partial charge < -0.3 is 5.11 Å². The van der Waals surface area contributed by atoms with Crippen LogP contribution in [0.1, 0.15) is 36.0 Å². The zero-order valence-electron chi connectivity index (χ0n) is 10.4. The maximum absolute atomic E-state index is 10.9. The lowest BCUT2D eigenvalue weighted by molar-refractivity contribution is 0.0103. The minimum atomic E-state index is -0.614. The van der Waals surface area contributed by atoms with Crippen molar-refractivity contribution in [2.45, 2.75) is 37.7 Å². The number of hydrogen-bond acceptors (Lipinski definition) is 2. The van der Waals surface area contributed by atoms with Gasteiger partial charge in [0, 0.05) is 0 Å². The minimum absolute atomic E-state index is 0.614. The first kappa shape index (κ1) is 11.9. The van der Waals surface area contributed by atoms with Crippen LogP contribution in [0.4, 0.5) is 0 Å². The highest BCUT2D eigenvalue weighted by Crippen LogP contribution is 2.38. The largest absolute Gasteiger partial charge is 0.385 e. The Morgan fingerprint density at radius 1 is 1.22 bits per heavy atom. The molecule has 1 aromatic carbocycles. The molecule has 1 aromatic heterocycles. The van der Waals surface area contributed by atoms with Crippen LogP contribution in [0.3, 0.4) is 0 Å². The molecule has 0 fully saturated rings. The smallest absolute Gasteiger partial charge is 0.0902 e. The Labute approximate surface area is 112 Å². The topological polar surface area (TPSA) is 20.2 Å². The van der Waals surface area contributed by atoms with Gasteiger partial charge in [0.05, 0.1) is 5.60 Å². The van der Waals surface area contributed by atoms with Gasteiger partial charge in [-0.3, -0.25) is 0 Å². The van der Waals surface area contributed by atoms with E-state index in [9.17, 15) is 5.11 Å². The fourth-order valence-corrected chi connectivity index (χ4v) is 3.65. The first-order valence-electron chi connectivity index (χ1n) is 6.60. The van der Waals surface area contributed by atoms with E-state index >= 15 is 0 Å². The van der Waals surface area contributed by atoms with Gasteiger partial charge in [-0.05, 0) is 65.6 Å². The number of hydrogen-bond donors (Lipinski definition) is 1. The molecule has 2 aromatic rings. The van der Waals surface area contributed by atoms with E-state index in [0.717, 1.165) is 37.7 Å². The molecule has 1 unspecified atom stereocenters. The van der Waals surface area contributed by atoms with E-state index in [1.54, 1.807) is 11.3 Å². The van der Waals surface area contributed by atoms with E-state index in [1.165, 1.54) is 11.1 Å². The summed E-state index contributed by atoms with van der Waals surface area (Å²) < 4.78 is 0. The zero-order chi connectivity index (χ0) is 12.4. The first-order valence-corrected chi connectivity index (χ1v) is 7.54. The van der Waals surface area contributed by atoms with Crippen molar-refractivity contribution in [3.8, 4) is 0 Å². The Morgan fingerprint density at radius 3 is 2.94 bits per heavy atom. The Bertz CT molecular complexity index is 518. The summed E-state index contributed by atoms with van der Waals surface area (Å²) in [5.74, 6) is 0. The number of aryl methyl sites for hydroxylation is 2. The highest BCUT2D eigenvalue weighted by molar-refractivity contribution is 7.07. The molecule has 0 saturated heterocycles. The summed E-state index contributed by atoms with van der Waals surface area (Å²) in [6.45, 7) is 0. The maximum atomic E-state index is 10.9. The van der Waals surface area contributed by atoms with Crippen LogP contribution in [0.25, 0.3) is 0 Å². The molecule has 0 saturated carbocycles. The van der Waals surface area contributed by atoms with E-state index in [0.29, 0.717) is 0 Å². The highest BCUT2D eigenvalue weighted by Gasteiger charge is 2.33. The van der Waals surface area contributed by atoms with Gasteiger partial charge >= 0.3 is 0 Å². The van der Waals surface area contributed by atoms with Crippen LogP contribution in [0, 0.1) is 0 Å². The van der Waals surface area contributed by atoms with E-state index in [2.05, 4.69) is 35.0 Å². The van der Waals surface area contributed by atoms with Gasteiger partial charge in [-0.1, -0.05) is 24.3 Å². The van der Waals surface area contributed by atoms with Crippen molar-refractivity contribution in [1.29, 1.82) is 0 Å². The van der Waals surface area contributed by atoms with Crippen LogP contribution in [-0.4, -0.2) is 5.11 Å². The molecule has 1 aliphatic rings. The Morgan fingerprint density at radius 2 is 2.11 bits per heavy atom. The lowest BCUT2D eigenvalue weighted by Crippen LogP contribution is -2.31. The van der Waals surface area contributed by atoms with Gasteiger partial charge in [0.2, 0.25) is 0 Å². The van der Waals surface area contributed by atoms with Gasteiger partial charge in [0.15, 0.2) is 0 Å². The second-order valence-corrected chi connectivity index (χ2v) is 5.95. The summed E-state index contributed by atoms with van der Waals surface area (Å²) in [5, 5.41) is 15.2. The van der Waals surface area contributed by atoms with Crippen molar-refractivity contribution >= 4 is 11.3 Å². The minimum Gasteiger partial charge on any atom is -0.385 e. The standard InChI is InChI=1S/C16H18OS/c17-16(10-7-13-8-11-18-12-13)9-3-5-14-4-1-2-6-15(14)16/h1-2,4,6,8,11-12,17H,3,5,7,9-10H2. The van der Waals surface area contributed by atoms with Gasteiger partial charge in [0.1, 0.15) is 0 Å². The average Bonchev–Trinajstić information content (AvgIpc) is 2.90. The molecular weight excluding hydrogens is 240 g/mol. The fraction of sp³-hybridized carbons (Fsp3) is 0.375. The molecule has 2 heteroatoms. The Balaban J connectivity index is 1.82. The molecule has 94 valence electrons. The molecule has 0 spiro atoms. The van der Waals surface area contributed by atoms with Gasteiger partial charge in [-0.15, -0.1) is 0 Å². The fourth-order valence-electron chi connectivity index (χ4n) is 2.94. The number of fused-ring (bicyclic) bond motifs is 1. The Hall–Kier alpha value is -1.12. The molecule has 1 N–H and O–H groups in total. The third-order valence-corrected chi connectivity index (χ3v) is 4.69. The van der Waals surface area contributed by atoms with E-state index in [1.807, 2.05) is 6.07 Å². The van der Waals surface area contributed by atoms with Crippen LogP contribution >= 0.6 is 11.3 Å². The number of aliphatic hydroxyl groups is 1. The summed E-state index contributed by atoms with van der Waals surface area (Å²) in [6, 6.07) is 10.5. The van der Waals surface area contributed by atoms with Crippen LogP contribution in [-0.2, 0) is 18.4 Å². The second kappa shape index (κ2) is 4.87. The van der Waals surface area contributed by atoms with Gasteiger partial charge in [-0.25, -0.2) is 0 Å². The summed E-state index contributed by atoms with van der Waals surface area (Å²) in [4.78, 5) is 0. The second-order valence-electron chi connectivity index (χ2n) is 5.17. The molecule has 0 bridgehead atoms. The normalized spacial score (nSPS) is 22.7. The lowest BCUT2D eigenvalue weighted by Gasteiger charge is -2.34. The molecule has 0 amide bonds. The predicted molar refractivity (Wildman–Crippen MR) is 75.9 cm³/mol. The van der Waals surface area contributed by atoms with Crippen molar-refractivity contribution in [2.24, 2.45) is 0 Å². The summed E-state index contributed by atoms with van der Waals surface area (Å²) >= 11 is 1.73. The molecule has 0 radical (unpaired) electrons. The van der Waals surface area contributed by atoms with E-state index in [4.69, 9.17) is 0 Å². The summed E-state index contributed by atoms with van der Waals surface area (Å²) in [5.41, 5.74) is 3.22. The van der Waals surface area contributed by atoms with Gasteiger partial charge in [-0.2, -0.15) is 11.3 Å². The van der Waals surface area contributed by atoms with E-state index in [-0.39, 0.29) is 0 Å². The summed E-state index contributed by atoms with van der Waals surface area (Å²) in [6.07, 6.45) is 4.90. The van der Waals surface area contributed by atoms with Crippen LogP contribution in [0.5, 0.6) is 0 Å². The molecule has 1 nitrogen and oxygen atoms in total. The molecule has 0 aliphatic heterocycles. The number of rotatable bonds is 3. The summed E-state index contributed by atoms with van der Waals surface area (Å²) in [7, 11) is 0. The lowest BCUT2D eigenvalue weighted by atomic mass is 9.76. The van der Waals surface area contributed by atoms with Crippen molar-refractivity contribution in [3.63, 3.8) is 0 Å². The third-order valence-electron chi connectivity index (χ3n) is 3.96. The average molecular weight is 258 g/mol. The molecule has 3 rings (SSSR count). The van der Waals surface area contributed by atoms with E-state index < -0.39 is 5.60 Å². The maximum Gasteiger partial charge on any atom is 0.0902 e. The molecular formula is C16H18OS. The SMILES string of the molecule is OC1(CCc2ccsc2)CCCc2ccccc21. The molecule has 1 aliphatic carbocycles. The number of thiophene rings is 1. The number of benzene rings is 1. The Kier molecular flexibility index (Phi) is 3.23. The van der Waals surface area contributed by atoms with Crippen LogP contribution < -0.4 is 0 Å². The first-order chi connectivity index (χ1) is 8.78. The molecule has 1 heterocycles. The van der Waals surface area contributed by atoms with Crippen molar-refractivity contribution < 1.29 is 5.11 Å². The van der Waals surface area contributed by atoms with Crippen LogP contribution in [0.2, 0.25) is 0 Å². The van der Waals surface area contributed by atoms with Crippen molar-refractivity contribution in [1.82, 2.24) is 0 Å². The molecule has 18 heavy (non-hydrogen) atoms. The van der Waals surface area contributed by atoms with Gasteiger partial charge in [0.25, 0.3) is 0 Å². The molecule has 1 atom stereocenters. The monoisotopic (exact) mass is 258 g/mol. The predicted octanol–water partition coefficient (Wildman–Crippen LogP) is 3.90.